The molecule has 0 spiro atoms. The lowest BCUT2D eigenvalue weighted by molar-refractivity contribution is 0.466. The Hall–Kier alpha value is -1.90. The first kappa shape index (κ1) is 30.1. The van der Waals surface area contributed by atoms with Crippen LogP contribution in [0, 0.1) is 0 Å². The molecule has 0 saturated heterocycles. The average molecular weight is 615 g/mol. The molecule has 0 radical (unpaired) electrons. The van der Waals surface area contributed by atoms with E-state index in [-0.39, 0.29) is 28.4 Å². The Morgan fingerprint density at radius 3 is 1.64 bits per heavy atom. The zero-order valence-corrected chi connectivity index (χ0v) is 26.8. The second kappa shape index (κ2) is 11.9. The van der Waals surface area contributed by atoms with Gasteiger partial charge in [-0.05, 0) is 116 Å². The van der Waals surface area contributed by atoms with Gasteiger partial charge in [-0.2, -0.15) is 16.8 Å². The van der Waals surface area contributed by atoms with E-state index in [1.54, 1.807) is 0 Å². The number of rotatable bonds is 8. The van der Waals surface area contributed by atoms with Gasteiger partial charge in [0.25, 0.3) is 10.1 Å². The van der Waals surface area contributed by atoms with Crippen LogP contribution in [0.4, 0.5) is 0 Å². The van der Waals surface area contributed by atoms with Gasteiger partial charge in [0.2, 0.25) is 0 Å². The highest BCUT2D eigenvalue weighted by Gasteiger charge is 2.37. The molecule has 1 N–H and O–H groups in total. The normalized spacial score (nSPS) is 21.0. The van der Waals surface area contributed by atoms with Crippen molar-refractivity contribution in [1.29, 1.82) is 0 Å². The summed E-state index contributed by atoms with van der Waals surface area (Å²) in [6.07, 6.45) is 15.8. The monoisotopic (exact) mass is 614 g/mol. The smallest absolute Gasteiger partial charge is 0.339 e. The molecule has 0 bridgehead atoms. The fourth-order valence-corrected chi connectivity index (χ4v) is 10.7. The lowest BCUT2D eigenvalue weighted by Gasteiger charge is -2.28. The molecule has 2 aromatic carbocycles. The SMILES string of the molecule is CC(C)c1cc(S(=O)(=O)O)c2c(c1OS(=O)(=O)c1c(C3CCCC3)cc(C3CCCC3)cc1C1CCCC1)CCCC2. The summed E-state index contributed by atoms with van der Waals surface area (Å²) in [5.74, 6) is 0.994. The topological polar surface area (TPSA) is 97.7 Å². The molecule has 3 saturated carbocycles. The molecule has 0 unspecified atom stereocenters. The van der Waals surface area contributed by atoms with Crippen molar-refractivity contribution in [3.63, 3.8) is 0 Å². The number of hydrogen-bond acceptors (Lipinski definition) is 5. The Bertz CT molecular complexity index is 1500. The molecule has 2 aromatic rings. The molecule has 0 heterocycles. The summed E-state index contributed by atoms with van der Waals surface area (Å²) in [6, 6.07) is 5.90. The van der Waals surface area contributed by atoms with Crippen molar-refractivity contribution < 1.29 is 25.6 Å². The highest BCUT2D eigenvalue weighted by molar-refractivity contribution is 7.87. The maximum atomic E-state index is 14.7. The van der Waals surface area contributed by atoms with E-state index in [9.17, 15) is 21.4 Å². The fraction of sp³-hybridized carbons (Fsp3) is 0.647. The maximum Gasteiger partial charge on any atom is 0.339 e. The first-order valence-corrected chi connectivity index (χ1v) is 19.2. The summed E-state index contributed by atoms with van der Waals surface area (Å²) in [5.41, 5.74) is 4.85. The van der Waals surface area contributed by atoms with Crippen LogP contribution in [0.15, 0.2) is 28.0 Å². The van der Waals surface area contributed by atoms with E-state index < -0.39 is 20.2 Å². The zero-order valence-electron chi connectivity index (χ0n) is 25.2. The Labute approximate surface area is 252 Å². The van der Waals surface area contributed by atoms with Crippen molar-refractivity contribution >= 4 is 20.2 Å². The number of benzene rings is 2. The van der Waals surface area contributed by atoms with Gasteiger partial charge in [-0.25, -0.2) is 0 Å². The maximum absolute atomic E-state index is 14.7. The third kappa shape index (κ3) is 5.80. The highest BCUT2D eigenvalue weighted by atomic mass is 32.2. The molecular weight excluding hydrogens is 569 g/mol. The van der Waals surface area contributed by atoms with Crippen molar-refractivity contribution in [1.82, 2.24) is 0 Å². The van der Waals surface area contributed by atoms with Gasteiger partial charge in [0.05, 0.1) is 4.90 Å². The quantitative estimate of drug-likeness (QED) is 0.236. The second-order valence-electron chi connectivity index (χ2n) is 13.6. The third-order valence-electron chi connectivity index (χ3n) is 10.5. The van der Waals surface area contributed by atoms with Crippen LogP contribution in [0.5, 0.6) is 5.75 Å². The molecule has 6 rings (SSSR count). The number of fused-ring (bicyclic) bond motifs is 1. The van der Waals surface area contributed by atoms with E-state index in [0.29, 0.717) is 40.3 Å². The van der Waals surface area contributed by atoms with E-state index in [2.05, 4.69) is 12.1 Å². The summed E-state index contributed by atoms with van der Waals surface area (Å²) < 4.78 is 70.7. The van der Waals surface area contributed by atoms with E-state index in [0.717, 1.165) is 75.3 Å². The molecule has 4 aliphatic carbocycles. The largest absolute Gasteiger partial charge is 0.378 e. The van der Waals surface area contributed by atoms with Crippen molar-refractivity contribution in [3.8, 4) is 5.75 Å². The van der Waals surface area contributed by atoms with E-state index >= 15 is 0 Å². The lowest BCUT2D eigenvalue weighted by Crippen LogP contribution is -2.21. The summed E-state index contributed by atoms with van der Waals surface area (Å²) in [7, 11) is -8.71. The zero-order chi connectivity index (χ0) is 29.6. The van der Waals surface area contributed by atoms with Gasteiger partial charge in [0.15, 0.2) is 0 Å². The van der Waals surface area contributed by atoms with Crippen LogP contribution in [0.3, 0.4) is 0 Å². The molecule has 42 heavy (non-hydrogen) atoms. The molecule has 0 aromatic heterocycles. The van der Waals surface area contributed by atoms with Crippen molar-refractivity contribution in [3.05, 3.63) is 51.6 Å². The van der Waals surface area contributed by atoms with Crippen molar-refractivity contribution in [2.45, 2.75) is 150 Å². The molecule has 4 aliphatic rings. The summed E-state index contributed by atoms with van der Waals surface area (Å²) in [6.45, 7) is 3.81. The first-order chi connectivity index (χ1) is 20.0. The Morgan fingerprint density at radius 1 is 0.690 bits per heavy atom. The molecule has 0 atom stereocenters. The molecule has 0 aliphatic heterocycles. The third-order valence-corrected chi connectivity index (χ3v) is 12.8. The molecule has 3 fully saturated rings. The minimum Gasteiger partial charge on any atom is -0.378 e. The average Bonchev–Trinajstić information content (AvgIpc) is 3.75. The predicted octanol–water partition coefficient (Wildman–Crippen LogP) is 8.68. The van der Waals surface area contributed by atoms with E-state index in [4.69, 9.17) is 4.18 Å². The van der Waals surface area contributed by atoms with Crippen molar-refractivity contribution in [2.24, 2.45) is 0 Å². The van der Waals surface area contributed by atoms with Crippen LogP contribution in [0.2, 0.25) is 0 Å². The van der Waals surface area contributed by atoms with Crippen molar-refractivity contribution in [2.75, 3.05) is 0 Å². The van der Waals surface area contributed by atoms with Gasteiger partial charge in [-0.1, -0.05) is 64.5 Å². The van der Waals surface area contributed by atoms with Gasteiger partial charge in [-0.15, -0.1) is 0 Å². The highest BCUT2D eigenvalue weighted by Crippen LogP contribution is 2.48. The van der Waals surface area contributed by atoms with Crippen LogP contribution in [0.25, 0.3) is 0 Å². The van der Waals surface area contributed by atoms with Gasteiger partial charge in [0.1, 0.15) is 10.6 Å². The Kier molecular flexibility index (Phi) is 8.53. The fourth-order valence-electron chi connectivity index (χ4n) is 8.37. The predicted molar refractivity (Wildman–Crippen MR) is 165 cm³/mol. The van der Waals surface area contributed by atoms with Crippen LogP contribution < -0.4 is 4.18 Å². The lowest BCUT2D eigenvalue weighted by atomic mass is 9.85. The molecule has 8 heteroatoms. The Morgan fingerprint density at radius 2 is 1.17 bits per heavy atom. The standard InChI is InChI=1S/C34H46O6S2/c1-22(2)29-21-32(41(35,36)37)27-17-9-10-18-28(27)33(29)40-42(38,39)34-30(24-13-5-6-14-24)19-26(23-11-3-4-12-23)20-31(34)25-15-7-8-16-25/h19-25H,3-18H2,1-2H3,(H,35,36,37). The Balaban J connectivity index is 1.55. The van der Waals surface area contributed by atoms with E-state index in [1.807, 2.05) is 13.8 Å². The van der Waals surface area contributed by atoms with Gasteiger partial charge >= 0.3 is 10.1 Å². The summed E-state index contributed by atoms with van der Waals surface area (Å²) in [4.78, 5) is 0.283. The van der Waals surface area contributed by atoms with Gasteiger partial charge in [-0.3, -0.25) is 4.55 Å². The second-order valence-corrected chi connectivity index (χ2v) is 16.5. The van der Waals surface area contributed by atoms with E-state index in [1.165, 1.54) is 37.3 Å². The summed E-state index contributed by atoms with van der Waals surface area (Å²) >= 11 is 0. The van der Waals surface area contributed by atoms with Crippen LogP contribution in [0.1, 0.15) is 161 Å². The molecule has 230 valence electrons. The minimum absolute atomic E-state index is 0.107. The van der Waals surface area contributed by atoms with Gasteiger partial charge in [0, 0.05) is 11.1 Å². The molecular formula is C34H46O6S2. The molecule has 6 nitrogen and oxygen atoms in total. The van der Waals surface area contributed by atoms with Crippen LogP contribution in [-0.4, -0.2) is 21.4 Å². The van der Waals surface area contributed by atoms with Crippen LogP contribution in [-0.2, 0) is 33.1 Å². The minimum atomic E-state index is -4.47. The molecule has 0 amide bonds. The summed E-state index contributed by atoms with van der Waals surface area (Å²) in [5, 5.41) is 0. The van der Waals surface area contributed by atoms with Gasteiger partial charge < -0.3 is 4.18 Å². The number of hydrogen-bond donors (Lipinski definition) is 1. The van der Waals surface area contributed by atoms with Crippen LogP contribution >= 0.6 is 0 Å². The first-order valence-electron chi connectivity index (χ1n) is 16.3.